The lowest BCUT2D eigenvalue weighted by molar-refractivity contribution is 0.631. The molecule has 0 saturated carbocycles. The van der Waals surface area contributed by atoms with Crippen LogP contribution in [0.5, 0.6) is 0 Å². The Morgan fingerprint density at radius 2 is 1.71 bits per heavy atom. The van der Waals surface area contributed by atoms with Crippen molar-refractivity contribution in [2.45, 2.75) is 26.7 Å². The summed E-state index contributed by atoms with van der Waals surface area (Å²) in [5.74, 6) is -0.309. The molecule has 4 heteroatoms. The number of nitrogens with one attached hydrogen (secondary N) is 3. The number of halogens is 1. The highest BCUT2D eigenvalue weighted by atomic mass is 19.1. The monoisotopic (exact) mass is 285 g/mol. The van der Waals surface area contributed by atoms with Crippen molar-refractivity contribution in [3.63, 3.8) is 0 Å². The van der Waals surface area contributed by atoms with E-state index in [1.54, 1.807) is 12.1 Å². The van der Waals surface area contributed by atoms with Crippen LogP contribution in [0.3, 0.4) is 0 Å². The summed E-state index contributed by atoms with van der Waals surface area (Å²) in [4.78, 5) is 0. The Morgan fingerprint density at radius 3 is 2.43 bits per heavy atom. The molecule has 0 fully saturated rings. The lowest BCUT2D eigenvalue weighted by atomic mass is 10.1. The standard InChI is InChI=1S/C17H20FN3/c1-3-12-6-5-7-14(10-12)20-17(19)21-16-11-13(4-2)8-9-15(16)18/h5-11H,3-4H2,1-2H3,(H3,19,20,21). The molecule has 0 heterocycles. The number of rotatable bonds is 4. The average molecular weight is 285 g/mol. The fourth-order valence-corrected chi connectivity index (χ4v) is 2.07. The van der Waals surface area contributed by atoms with Gasteiger partial charge in [0, 0.05) is 5.69 Å². The topological polar surface area (TPSA) is 47.9 Å². The van der Waals surface area contributed by atoms with E-state index in [1.807, 2.05) is 31.2 Å². The van der Waals surface area contributed by atoms with Gasteiger partial charge in [0.25, 0.3) is 0 Å². The Kier molecular flexibility index (Phi) is 4.93. The zero-order valence-corrected chi connectivity index (χ0v) is 12.3. The van der Waals surface area contributed by atoms with Crippen LogP contribution in [0, 0.1) is 11.2 Å². The largest absolute Gasteiger partial charge is 0.326 e. The Bertz CT molecular complexity index is 638. The Hall–Kier alpha value is -2.36. The molecule has 0 amide bonds. The molecule has 0 atom stereocenters. The van der Waals surface area contributed by atoms with Crippen LogP contribution in [-0.2, 0) is 12.8 Å². The first-order valence-electron chi connectivity index (χ1n) is 7.12. The summed E-state index contributed by atoms with van der Waals surface area (Å²) in [6, 6.07) is 12.7. The molecule has 0 bridgehead atoms. The van der Waals surface area contributed by atoms with Crippen LogP contribution < -0.4 is 10.6 Å². The van der Waals surface area contributed by atoms with Gasteiger partial charge in [0.05, 0.1) is 5.69 Å². The van der Waals surface area contributed by atoms with Gasteiger partial charge in [-0.15, -0.1) is 0 Å². The van der Waals surface area contributed by atoms with E-state index in [1.165, 1.54) is 11.6 Å². The Morgan fingerprint density at radius 1 is 1.00 bits per heavy atom. The molecule has 0 aliphatic heterocycles. The first-order valence-corrected chi connectivity index (χ1v) is 7.12. The van der Waals surface area contributed by atoms with Gasteiger partial charge in [-0.1, -0.05) is 32.0 Å². The minimum atomic E-state index is -0.360. The summed E-state index contributed by atoms with van der Waals surface area (Å²) in [5, 5.41) is 13.6. The van der Waals surface area contributed by atoms with Crippen molar-refractivity contribution >= 4 is 17.3 Å². The van der Waals surface area contributed by atoms with Gasteiger partial charge in [-0.2, -0.15) is 0 Å². The molecule has 0 spiro atoms. The van der Waals surface area contributed by atoms with Gasteiger partial charge >= 0.3 is 0 Å². The van der Waals surface area contributed by atoms with Crippen LogP contribution >= 0.6 is 0 Å². The van der Waals surface area contributed by atoms with Crippen molar-refractivity contribution in [1.29, 1.82) is 5.41 Å². The minimum Gasteiger partial charge on any atom is -0.326 e. The van der Waals surface area contributed by atoms with E-state index in [-0.39, 0.29) is 11.8 Å². The summed E-state index contributed by atoms with van der Waals surface area (Å²) < 4.78 is 13.7. The number of anilines is 2. The molecule has 0 aliphatic carbocycles. The van der Waals surface area contributed by atoms with Crippen LogP contribution in [-0.4, -0.2) is 5.96 Å². The van der Waals surface area contributed by atoms with Gasteiger partial charge in [0.15, 0.2) is 5.96 Å². The highest BCUT2D eigenvalue weighted by Gasteiger charge is 2.06. The van der Waals surface area contributed by atoms with Crippen LogP contribution in [0.1, 0.15) is 25.0 Å². The zero-order chi connectivity index (χ0) is 15.2. The number of hydrogen-bond acceptors (Lipinski definition) is 1. The summed E-state index contributed by atoms with van der Waals surface area (Å²) in [6.45, 7) is 4.09. The van der Waals surface area contributed by atoms with Crippen molar-refractivity contribution in [1.82, 2.24) is 0 Å². The third kappa shape index (κ3) is 4.05. The second-order valence-corrected chi connectivity index (χ2v) is 4.85. The maximum Gasteiger partial charge on any atom is 0.197 e. The number of guanidine groups is 1. The molecule has 0 aliphatic rings. The van der Waals surface area contributed by atoms with Crippen LogP contribution in [0.4, 0.5) is 15.8 Å². The third-order valence-corrected chi connectivity index (χ3v) is 3.30. The van der Waals surface area contributed by atoms with Gasteiger partial charge in [0.2, 0.25) is 0 Å². The van der Waals surface area contributed by atoms with Crippen molar-refractivity contribution in [3.8, 4) is 0 Å². The lowest BCUT2D eigenvalue weighted by Gasteiger charge is -2.12. The van der Waals surface area contributed by atoms with Gasteiger partial charge in [-0.05, 0) is 48.2 Å². The summed E-state index contributed by atoms with van der Waals surface area (Å²) in [7, 11) is 0. The van der Waals surface area contributed by atoms with Crippen molar-refractivity contribution < 1.29 is 4.39 Å². The molecule has 3 nitrogen and oxygen atoms in total. The van der Waals surface area contributed by atoms with E-state index in [0.29, 0.717) is 5.69 Å². The van der Waals surface area contributed by atoms with E-state index in [4.69, 9.17) is 5.41 Å². The number of benzene rings is 2. The third-order valence-electron chi connectivity index (χ3n) is 3.30. The van der Waals surface area contributed by atoms with Crippen molar-refractivity contribution in [2.75, 3.05) is 10.6 Å². The fraction of sp³-hybridized carbons (Fsp3) is 0.235. The fourth-order valence-electron chi connectivity index (χ4n) is 2.07. The van der Waals surface area contributed by atoms with Crippen molar-refractivity contribution in [3.05, 3.63) is 59.4 Å². The quantitative estimate of drug-likeness (QED) is 0.575. The van der Waals surface area contributed by atoms with E-state index in [0.717, 1.165) is 24.1 Å². The van der Waals surface area contributed by atoms with E-state index in [9.17, 15) is 4.39 Å². The Labute approximate surface area is 124 Å². The molecule has 0 aromatic heterocycles. The number of hydrogen-bond donors (Lipinski definition) is 3. The van der Waals surface area contributed by atoms with E-state index in [2.05, 4.69) is 17.6 Å². The first kappa shape index (κ1) is 15.0. The Balaban J connectivity index is 2.07. The second kappa shape index (κ2) is 6.88. The molecule has 0 radical (unpaired) electrons. The minimum absolute atomic E-state index is 0.0513. The van der Waals surface area contributed by atoms with Crippen LogP contribution in [0.2, 0.25) is 0 Å². The maximum atomic E-state index is 13.7. The summed E-state index contributed by atoms with van der Waals surface area (Å²) in [6.07, 6.45) is 1.76. The molecule has 0 unspecified atom stereocenters. The van der Waals surface area contributed by atoms with Gasteiger partial charge in [0.1, 0.15) is 5.82 Å². The normalized spacial score (nSPS) is 10.2. The molecule has 0 saturated heterocycles. The molecular formula is C17H20FN3. The van der Waals surface area contributed by atoms with Gasteiger partial charge in [-0.25, -0.2) is 4.39 Å². The average Bonchev–Trinajstić information content (AvgIpc) is 2.49. The van der Waals surface area contributed by atoms with Crippen molar-refractivity contribution in [2.24, 2.45) is 0 Å². The lowest BCUT2D eigenvalue weighted by Crippen LogP contribution is -2.21. The SMILES string of the molecule is CCc1cccc(NC(=N)Nc2cc(CC)ccc2F)c1. The molecule has 2 aromatic carbocycles. The molecule has 3 N–H and O–H groups in total. The highest BCUT2D eigenvalue weighted by Crippen LogP contribution is 2.17. The highest BCUT2D eigenvalue weighted by molar-refractivity contribution is 6.01. The smallest absolute Gasteiger partial charge is 0.197 e. The summed E-state index contributed by atoms with van der Waals surface area (Å²) in [5.41, 5.74) is 3.35. The molecule has 21 heavy (non-hydrogen) atoms. The van der Waals surface area contributed by atoms with E-state index < -0.39 is 0 Å². The van der Waals surface area contributed by atoms with Gasteiger partial charge in [-0.3, -0.25) is 5.41 Å². The number of aryl methyl sites for hydroxylation is 2. The maximum absolute atomic E-state index is 13.7. The molecule has 110 valence electrons. The predicted molar refractivity (Wildman–Crippen MR) is 86.6 cm³/mol. The summed E-state index contributed by atoms with van der Waals surface area (Å²) >= 11 is 0. The van der Waals surface area contributed by atoms with Crippen LogP contribution in [0.15, 0.2) is 42.5 Å². The zero-order valence-electron chi connectivity index (χ0n) is 12.3. The molecular weight excluding hydrogens is 265 g/mol. The molecule has 2 aromatic rings. The van der Waals surface area contributed by atoms with E-state index >= 15 is 0 Å². The van der Waals surface area contributed by atoms with Crippen LogP contribution in [0.25, 0.3) is 0 Å². The predicted octanol–water partition coefficient (Wildman–Crippen LogP) is 4.41. The van der Waals surface area contributed by atoms with Gasteiger partial charge < -0.3 is 10.6 Å². The first-order chi connectivity index (χ1) is 10.1. The second-order valence-electron chi connectivity index (χ2n) is 4.85. The molecule has 2 rings (SSSR count).